The zero-order valence-electron chi connectivity index (χ0n) is 16.2. The second-order valence-electron chi connectivity index (χ2n) is 6.94. The van der Waals surface area contributed by atoms with Crippen LogP contribution in [0.1, 0.15) is 37.9 Å². The number of rotatable bonds is 5. The maximum absolute atomic E-state index is 12.9. The lowest BCUT2D eigenvalue weighted by atomic mass is 10.1. The molecular weight excluding hydrogens is 366 g/mol. The highest BCUT2D eigenvalue weighted by Gasteiger charge is 2.20. The van der Waals surface area contributed by atoms with Crippen molar-refractivity contribution in [1.29, 1.82) is 0 Å². The summed E-state index contributed by atoms with van der Waals surface area (Å²) in [5, 5.41) is 6.51. The fourth-order valence-electron chi connectivity index (χ4n) is 3.25. The number of fused-ring (bicyclic) bond motifs is 1. The molecule has 0 aliphatic heterocycles. The SMILES string of the molecule is Cc1cccc(C(=O)Nc2c(C(=O)NCc3ccc(C)o3)[nH]c3ccccc23)c1. The first-order chi connectivity index (χ1) is 14.0. The average molecular weight is 387 g/mol. The molecule has 0 spiro atoms. The summed E-state index contributed by atoms with van der Waals surface area (Å²) in [5.74, 6) is 0.854. The van der Waals surface area contributed by atoms with Crippen molar-refractivity contribution < 1.29 is 14.0 Å². The van der Waals surface area contributed by atoms with E-state index < -0.39 is 0 Å². The number of hydrogen-bond donors (Lipinski definition) is 3. The van der Waals surface area contributed by atoms with Crippen LogP contribution < -0.4 is 10.6 Å². The quantitative estimate of drug-likeness (QED) is 0.469. The molecule has 2 heterocycles. The second kappa shape index (κ2) is 7.67. The fraction of sp³-hybridized carbons (Fsp3) is 0.130. The molecule has 0 unspecified atom stereocenters. The largest absolute Gasteiger partial charge is 0.465 e. The van der Waals surface area contributed by atoms with Gasteiger partial charge in [0.05, 0.1) is 12.2 Å². The molecule has 2 aromatic heterocycles. The fourth-order valence-corrected chi connectivity index (χ4v) is 3.25. The molecule has 0 saturated carbocycles. The number of carbonyl (C=O) groups excluding carboxylic acids is 2. The first-order valence-corrected chi connectivity index (χ1v) is 9.33. The molecule has 6 heteroatoms. The molecule has 0 aliphatic rings. The number of anilines is 1. The van der Waals surface area contributed by atoms with Crippen molar-refractivity contribution >= 4 is 28.4 Å². The highest BCUT2D eigenvalue weighted by Crippen LogP contribution is 2.28. The minimum atomic E-state index is -0.324. The molecule has 2 aromatic carbocycles. The van der Waals surface area contributed by atoms with Gasteiger partial charge in [-0.05, 0) is 44.2 Å². The Balaban J connectivity index is 1.63. The van der Waals surface area contributed by atoms with E-state index in [1.807, 2.05) is 68.4 Å². The first kappa shape index (κ1) is 18.6. The van der Waals surface area contributed by atoms with Gasteiger partial charge in [0.2, 0.25) is 0 Å². The molecule has 29 heavy (non-hydrogen) atoms. The van der Waals surface area contributed by atoms with E-state index in [2.05, 4.69) is 15.6 Å². The molecule has 2 amide bonds. The number of para-hydroxylation sites is 1. The molecular formula is C23H21N3O3. The van der Waals surface area contributed by atoms with Crippen molar-refractivity contribution in [2.75, 3.05) is 5.32 Å². The Morgan fingerprint density at radius 3 is 2.55 bits per heavy atom. The third-order valence-electron chi connectivity index (χ3n) is 4.67. The second-order valence-corrected chi connectivity index (χ2v) is 6.94. The Kier molecular flexibility index (Phi) is 4.91. The van der Waals surface area contributed by atoms with Crippen LogP contribution in [0.2, 0.25) is 0 Å². The molecule has 0 radical (unpaired) electrons. The third-order valence-corrected chi connectivity index (χ3v) is 4.67. The van der Waals surface area contributed by atoms with E-state index in [-0.39, 0.29) is 18.4 Å². The number of aromatic amines is 1. The van der Waals surface area contributed by atoms with Gasteiger partial charge < -0.3 is 20.0 Å². The molecule has 0 saturated heterocycles. The summed E-state index contributed by atoms with van der Waals surface area (Å²) in [6.07, 6.45) is 0. The van der Waals surface area contributed by atoms with E-state index in [1.54, 1.807) is 6.07 Å². The van der Waals surface area contributed by atoms with Crippen molar-refractivity contribution in [3.8, 4) is 0 Å². The lowest BCUT2D eigenvalue weighted by Gasteiger charge is -2.08. The van der Waals surface area contributed by atoms with E-state index in [0.29, 0.717) is 22.7 Å². The van der Waals surface area contributed by atoms with E-state index in [0.717, 1.165) is 22.2 Å². The molecule has 0 aliphatic carbocycles. The maximum Gasteiger partial charge on any atom is 0.270 e. The molecule has 4 rings (SSSR count). The predicted octanol–water partition coefficient (Wildman–Crippen LogP) is 4.56. The van der Waals surface area contributed by atoms with E-state index in [1.165, 1.54) is 0 Å². The van der Waals surface area contributed by atoms with Crippen LogP contribution in [-0.2, 0) is 6.54 Å². The molecule has 3 N–H and O–H groups in total. The Morgan fingerprint density at radius 2 is 1.79 bits per heavy atom. The van der Waals surface area contributed by atoms with Crippen molar-refractivity contribution in [1.82, 2.24) is 10.3 Å². The number of aryl methyl sites for hydroxylation is 2. The Hall–Kier alpha value is -3.80. The number of aromatic nitrogens is 1. The molecule has 146 valence electrons. The van der Waals surface area contributed by atoms with Crippen molar-refractivity contribution in [3.05, 3.63) is 89.0 Å². The van der Waals surface area contributed by atoms with Crippen LogP contribution >= 0.6 is 0 Å². The summed E-state index contributed by atoms with van der Waals surface area (Å²) >= 11 is 0. The smallest absolute Gasteiger partial charge is 0.270 e. The topological polar surface area (TPSA) is 87.1 Å². The monoisotopic (exact) mass is 387 g/mol. The van der Waals surface area contributed by atoms with Crippen LogP contribution in [0.4, 0.5) is 5.69 Å². The molecule has 4 aromatic rings. The van der Waals surface area contributed by atoms with Gasteiger partial charge in [0, 0.05) is 16.5 Å². The summed E-state index contributed by atoms with van der Waals surface area (Å²) < 4.78 is 5.50. The zero-order valence-corrected chi connectivity index (χ0v) is 16.2. The zero-order chi connectivity index (χ0) is 20.4. The van der Waals surface area contributed by atoms with Gasteiger partial charge in [-0.1, -0.05) is 35.9 Å². The lowest BCUT2D eigenvalue weighted by Crippen LogP contribution is -2.24. The van der Waals surface area contributed by atoms with Crippen LogP contribution in [0.15, 0.2) is 65.1 Å². The van der Waals surface area contributed by atoms with Crippen molar-refractivity contribution in [3.63, 3.8) is 0 Å². The number of hydrogen-bond acceptors (Lipinski definition) is 3. The van der Waals surface area contributed by atoms with E-state index >= 15 is 0 Å². The maximum atomic E-state index is 12.9. The van der Waals surface area contributed by atoms with Gasteiger partial charge >= 0.3 is 0 Å². The van der Waals surface area contributed by atoms with E-state index in [9.17, 15) is 9.59 Å². The van der Waals surface area contributed by atoms with Gasteiger partial charge in [0.15, 0.2) is 0 Å². The van der Waals surface area contributed by atoms with Gasteiger partial charge in [0.1, 0.15) is 17.2 Å². The van der Waals surface area contributed by atoms with E-state index in [4.69, 9.17) is 4.42 Å². The molecule has 0 atom stereocenters. The van der Waals surface area contributed by atoms with Gasteiger partial charge in [-0.3, -0.25) is 9.59 Å². The minimum absolute atomic E-state index is 0.257. The van der Waals surface area contributed by atoms with Gasteiger partial charge in [-0.25, -0.2) is 0 Å². The Labute approximate surface area is 167 Å². The summed E-state index contributed by atoms with van der Waals surface area (Å²) in [4.78, 5) is 28.8. The number of H-pyrrole nitrogens is 1. The summed E-state index contributed by atoms with van der Waals surface area (Å²) in [6, 6.07) is 18.5. The number of benzene rings is 2. The van der Waals surface area contributed by atoms with Crippen molar-refractivity contribution in [2.45, 2.75) is 20.4 Å². The van der Waals surface area contributed by atoms with Crippen LogP contribution in [0.25, 0.3) is 10.9 Å². The molecule has 6 nitrogen and oxygen atoms in total. The normalized spacial score (nSPS) is 10.8. The van der Waals surface area contributed by atoms with Gasteiger partial charge in [0.25, 0.3) is 11.8 Å². The van der Waals surface area contributed by atoms with Crippen LogP contribution in [-0.4, -0.2) is 16.8 Å². The Bertz CT molecular complexity index is 1200. The van der Waals surface area contributed by atoms with Crippen molar-refractivity contribution in [2.24, 2.45) is 0 Å². The van der Waals surface area contributed by atoms with Crippen LogP contribution in [0.5, 0.6) is 0 Å². The number of carbonyl (C=O) groups is 2. The average Bonchev–Trinajstić information content (AvgIpc) is 3.30. The summed E-state index contributed by atoms with van der Waals surface area (Å²) in [6.45, 7) is 4.03. The third kappa shape index (κ3) is 3.91. The molecule has 0 bridgehead atoms. The first-order valence-electron chi connectivity index (χ1n) is 9.33. The predicted molar refractivity (Wildman–Crippen MR) is 112 cm³/mol. The molecule has 0 fully saturated rings. The summed E-state index contributed by atoms with van der Waals surface area (Å²) in [7, 11) is 0. The lowest BCUT2D eigenvalue weighted by molar-refractivity contribution is 0.0944. The summed E-state index contributed by atoms with van der Waals surface area (Å²) in [5.41, 5.74) is 3.05. The number of nitrogens with one attached hydrogen (secondary N) is 3. The highest BCUT2D eigenvalue weighted by atomic mass is 16.3. The number of amides is 2. The Morgan fingerprint density at radius 1 is 0.966 bits per heavy atom. The van der Waals surface area contributed by atoms with Gasteiger partial charge in [-0.15, -0.1) is 0 Å². The van der Waals surface area contributed by atoms with Crippen LogP contribution in [0, 0.1) is 13.8 Å². The standard InChI is InChI=1S/C23H21N3O3/c1-14-6-5-7-16(12-14)22(27)26-20-18-8-3-4-9-19(18)25-21(20)23(28)24-13-17-11-10-15(2)29-17/h3-12,25H,13H2,1-2H3,(H,24,28)(H,26,27). The number of furan rings is 1. The highest BCUT2D eigenvalue weighted by molar-refractivity contribution is 6.15. The van der Waals surface area contributed by atoms with Gasteiger partial charge in [-0.2, -0.15) is 0 Å². The minimum Gasteiger partial charge on any atom is -0.465 e. The van der Waals surface area contributed by atoms with Crippen LogP contribution in [0.3, 0.4) is 0 Å².